The van der Waals surface area contributed by atoms with Gasteiger partial charge in [-0.2, -0.15) is 0 Å². The Labute approximate surface area is 183 Å². The van der Waals surface area contributed by atoms with E-state index in [-0.39, 0.29) is 18.6 Å². The Morgan fingerprint density at radius 1 is 0.875 bits per heavy atom. The SMILES string of the molecule is COc1ccc2c(c1OC)C(=O)N1c3ccccc3C(=O)N(c3ccc4c(c3)OCO4)[C@@H]21. The predicted molar refractivity (Wildman–Crippen MR) is 115 cm³/mol. The molecule has 0 spiro atoms. The number of hydrogen-bond donors (Lipinski definition) is 0. The second-order valence-corrected chi connectivity index (χ2v) is 7.54. The smallest absolute Gasteiger partial charge is 0.264 e. The summed E-state index contributed by atoms with van der Waals surface area (Å²) >= 11 is 0. The van der Waals surface area contributed by atoms with Crippen molar-refractivity contribution in [2.45, 2.75) is 6.17 Å². The van der Waals surface area contributed by atoms with Crippen molar-refractivity contribution < 1.29 is 28.5 Å². The minimum atomic E-state index is -0.680. The molecule has 0 unspecified atom stereocenters. The van der Waals surface area contributed by atoms with Crippen LogP contribution in [0.4, 0.5) is 11.4 Å². The van der Waals surface area contributed by atoms with Gasteiger partial charge in [0.1, 0.15) is 6.17 Å². The van der Waals surface area contributed by atoms with Crippen LogP contribution in [-0.4, -0.2) is 32.8 Å². The number of carbonyl (C=O) groups excluding carboxylic acids is 2. The first kappa shape index (κ1) is 18.6. The molecule has 32 heavy (non-hydrogen) atoms. The Bertz CT molecular complexity index is 1300. The lowest BCUT2D eigenvalue weighted by Gasteiger charge is -2.40. The molecule has 8 heteroatoms. The van der Waals surface area contributed by atoms with Crippen molar-refractivity contribution in [2.75, 3.05) is 30.8 Å². The van der Waals surface area contributed by atoms with Crippen LogP contribution in [0.25, 0.3) is 0 Å². The highest BCUT2D eigenvalue weighted by molar-refractivity contribution is 6.22. The molecule has 6 rings (SSSR count). The summed E-state index contributed by atoms with van der Waals surface area (Å²) in [5.41, 5.74) is 2.63. The lowest BCUT2D eigenvalue weighted by Crippen LogP contribution is -2.48. The number of ether oxygens (including phenoxy) is 4. The summed E-state index contributed by atoms with van der Waals surface area (Å²) in [5.74, 6) is 1.50. The van der Waals surface area contributed by atoms with Gasteiger partial charge in [0.2, 0.25) is 6.79 Å². The molecule has 0 radical (unpaired) electrons. The van der Waals surface area contributed by atoms with E-state index in [1.165, 1.54) is 14.2 Å². The zero-order chi connectivity index (χ0) is 22.0. The monoisotopic (exact) mass is 430 g/mol. The van der Waals surface area contributed by atoms with Crippen molar-refractivity contribution in [1.29, 1.82) is 0 Å². The molecule has 3 heterocycles. The number of fused-ring (bicyclic) bond motifs is 6. The maximum absolute atomic E-state index is 13.7. The van der Waals surface area contributed by atoms with Crippen LogP contribution >= 0.6 is 0 Å². The van der Waals surface area contributed by atoms with E-state index in [0.717, 1.165) is 0 Å². The zero-order valence-corrected chi connectivity index (χ0v) is 17.3. The molecule has 0 N–H and O–H groups in total. The first-order chi connectivity index (χ1) is 15.6. The van der Waals surface area contributed by atoms with E-state index in [9.17, 15) is 9.59 Å². The maximum Gasteiger partial charge on any atom is 0.264 e. The third-order valence-electron chi connectivity index (χ3n) is 6.02. The van der Waals surface area contributed by atoms with Crippen LogP contribution in [0.5, 0.6) is 23.0 Å². The van der Waals surface area contributed by atoms with Crippen molar-refractivity contribution in [3.05, 3.63) is 71.3 Å². The lowest BCUT2D eigenvalue weighted by atomic mass is 10.0. The van der Waals surface area contributed by atoms with Gasteiger partial charge in [-0.3, -0.25) is 19.4 Å². The number of methoxy groups -OCH3 is 2. The van der Waals surface area contributed by atoms with Crippen molar-refractivity contribution in [3.8, 4) is 23.0 Å². The van der Waals surface area contributed by atoms with E-state index in [2.05, 4.69) is 0 Å². The molecular formula is C24H18N2O6. The number of anilines is 2. The van der Waals surface area contributed by atoms with E-state index >= 15 is 0 Å². The highest BCUT2D eigenvalue weighted by Crippen LogP contribution is 2.51. The second-order valence-electron chi connectivity index (χ2n) is 7.54. The summed E-state index contributed by atoms with van der Waals surface area (Å²) in [6.07, 6.45) is -0.680. The number of benzene rings is 3. The van der Waals surface area contributed by atoms with E-state index in [1.807, 2.05) is 6.07 Å². The first-order valence-electron chi connectivity index (χ1n) is 10.0. The van der Waals surface area contributed by atoms with Gasteiger partial charge in [0.15, 0.2) is 23.0 Å². The number of amides is 2. The maximum atomic E-state index is 13.7. The molecule has 0 aromatic heterocycles. The van der Waals surface area contributed by atoms with E-state index in [1.54, 1.807) is 58.3 Å². The summed E-state index contributed by atoms with van der Waals surface area (Å²) < 4.78 is 21.9. The highest BCUT2D eigenvalue weighted by atomic mass is 16.7. The van der Waals surface area contributed by atoms with Crippen LogP contribution < -0.4 is 28.7 Å². The molecule has 2 amide bonds. The van der Waals surface area contributed by atoms with Crippen LogP contribution in [0.1, 0.15) is 32.4 Å². The molecule has 0 fully saturated rings. The summed E-state index contributed by atoms with van der Waals surface area (Å²) in [6.45, 7) is 0.128. The molecule has 0 saturated heterocycles. The van der Waals surface area contributed by atoms with Gasteiger partial charge in [0, 0.05) is 11.6 Å². The molecule has 0 saturated carbocycles. The molecule has 3 aliphatic heterocycles. The minimum Gasteiger partial charge on any atom is -0.493 e. The van der Waals surface area contributed by atoms with Crippen LogP contribution in [0.3, 0.4) is 0 Å². The Hall–Kier alpha value is -4.20. The van der Waals surface area contributed by atoms with Gasteiger partial charge in [-0.25, -0.2) is 0 Å². The third kappa shape index (κ3) is 2.31. The molecule has 0 bridgehead atoms. The normalized spacial score (nSPS) is 17.8. The van der Waals surface area contributed by atoms with Crippen LogP contribution in [0, 0.1) is 0 Å². The van der Waals surface area contributed by atoms with Crippen LogP contribution in [0.2, 0.25) is 0 Å². The number of nitrogens with zero attached hydrogens (tertiary/aromatic N) is 2. The van der Waals surface area contributed by atoms with E-state index in [4.69, 9.17) is 18.9 Å². The summed E-state index contributed by atoms with van der Waals surface area (Å²) in [5, 5.41) is 0. The van der Waals surface area contributed by atoms with Gasteiger partial charge in [-0.15, -0.1) is 0 Å². The van der Waals surface area contributed by atoms with Gasteiger partial charge in [-0.05, 0) is 30.3 Å². The van der Waals surface area contributed by atoms with Gasteiger partial charge in [0.05, 0.1) is 36.7 Å². The molecule has 160 valence electrons. The average molecular weight is 430 g/mol. The quantitative estimate of drug-likeness (QED) is 0.630. The second kappa shape index (κ2) is 6.65. The summed E-state index contributed by atoms with van der Waals surface area (Å²) in [6, 6.07) is 16.0. The first-order valence-corrected chi connectivity index (χ1v) is 10.0. The number of para-hydroxylation sites is 1. The standard InChI is InChI=1S/C24H18N2O6/c1-29-18-10-8-15-20(21(18)30-2)24(28)26-16-6-4-3-5-14(16)23(27)25(22(15)26)13-7-9-17-19(11-13)32-12-31-17/h3-11,22H,12H2,1-2H3/t22-/m1/s1. The van der Waals surface area contributed by atoms with Gasteiger partial charge in [0.25, 0.3) is 11.8 Å². The van der Waals surface area contributed by atoms with Gasteiger partial charge >= 0.3 is 0 Å². The molecule has 3 aromatic rings. The lowest BCUT2D eigenvalue weighted by molar-refractivity contribution is 0.0948. The Morgan fingerprint density at radius 2 is 1.69 bits per heavy atom. The fourth-order valence-corrected chi connectivity index (χ4v) is 4.64. The predicted octanol–water partition coefficient (Wildman–Crippen LogP) is 3.75. The minimum absolute atomic E-state index is 0.128. The largest absolute Gasteiger partial charge is 0.493 e. The number of rotatable bonds is 3. The number of carbonyl (C=O) groups is 2. The molecule has 3 aliphatic rings. The summed E-state index contributed by atoms with van der Waals surface area (Å²) in [4.78, 5) is 30.7. The van der Waals surface area contributed by atoms with Crippen molar-refractivity contribution >= 4 is 23.2 Å². The van der Waals surface area contributed by atoms with Gasteiger partial charge < -0.3 is 18.9 Å². The van der Waals surface area contributed by atoms with E-state index < -0.39 is 6.17 Å². The Kier molecular flexibility index (Phi) is 3.86. The number of hydrogen-bond acceptors (Lipinski definition) is 6. The average Bonchev–Trinajstić information content (AvgIpc) is 3.41. The van der Waals surface area contributed by atoms with Crippen molar-refractivity contribution in [3.63, 3.8) is 0 Å². The Morgan fingerprint density at radius 3 is 2.50 bits per heavy atom. The molecular weight excluding hydrogens is 412 g/mol. The fourth-order valence-electron chi connectivity index (χ4n) is 4.64. The van der Waals surface area contributed by atoms with Crippen LogP contribution in [-0.2, 0) is 0 Å². The Balaban J connectivity index is 1.61. The van der Waals surface area contributed by atoms with E-state index in [0.29, 0.717) is 51.1 Å². The molecule has 3 aromatic carbocycles. The highest BCUT2D eigenvalue weighted by Gasteiger charge is 2.50. The van der Waals surface area contributed by atoms with Crippen LogP contribution in [0.15, 0.2) is 54.6 Å². The molecule has 8 nitrogen and oxygen atoms in total. The van der Waals surface area contributed by atoms with Crippen molar-refractivity contribution in [1.82, 2.24) is 0 Å². The fraction of sp³-hybridized carbons (Fsp3) is 0.167. The molecule has 1 atom stereocenters. The third-order valence-corrected chi connectivity index (χ3v) is 6.02. The van der Waals surface area contributed by atoms with Crippen molar-refractivity contribution in [2.24, 2.45) is 0 Å². The molecule has 0 aliphatic carbocycles. The van der Waals surface area contributed by atoms with Gasteiger partial charge in [-0.1, -0.05) is 18.2 Å². The summed E-state index contributed by atoms with van der Waals surface area (Å²) in [7, 11) is 3.02. The zero-order valence-electron chi connectivity index (χ0n) is 17.3. The topological polar surface area (TPSA) is 77.5 Å².